The van der Waals surface area contributed by atoms with Crippen LogP contribution in [0, 0.1) is 12.7 Å². The van der Waals surface area contributed by atoms with Gasteiger partial charge >= 0.3 is 0 Å². The number of aromatic nitrogens is 2. The van der Waals surface area contributed by atoms with E-state index in [-0.39, 0.29) is 17.0 Å². The van der Waals surface area contributed by atoms with Gasteiger partial charge < -0.3 is 14.6 Å². The summed E-state index contributed by atoms with van der Waals surface area (Å²) < 4.78 is 21.3. The van der Waals surface area contributed by atoms with Crippen molar-refractivity contribution in [3.8, 4) is 28.6 Å². The Morgan fingerprint density at radius 2 is 1.87 bits per heavy atom. The number of thiazole rings is 1. The van der Waals surface area contributed by atoms with Gasteiger partial charge in [-0.25, -0.2) is 9.37 Å². The maximum atomic E-state index is 13.6. The predicted octanol–water partition coefficient (Wildman–Crippen LogP) is 5.44. The number of rotatable bonds is 4. The molecule has 0 amide bonds. The predicted molar refractivity (Wildman–Crippen MR) is 115 cm³/mol. The summed E-state index contributed by atoms with van der Waals surface area (Å²) in [5.41, 5.74) is 3.53. The number of hydrogen-bond acceptors (Lipinski definition) is 6. The zero-order chi connectivity index (χ0) is 21.7. The zero-order valence-corrected chi connectivity index (χ0v) is 17.0. The van der Waals surface area contributed by atoms with E-state index in [9.17, 15) is 19.4 Å². The maximum Gasteiger partial charge on any atom is 0.240 e. The molecule has 5 rings (SSSR count). The first-order valence-corrected chi connectivity index (χ1v) is 10.2. The summed E-state index contributed by atoms with van der Waals surface area (Å²) >= 11 is 1.42. The monoisotopic (exact) mass is 434 g/mol. The van der Waals surface area contributed by atoms with Crippen molar-refractivity contribution in [1.29, 1.82) is 0 Å². The lowest BCUT2D eigenvalue weighted by Crippen LogP contribution is -2.04. The smallest absolute Gasteiger partial charge is 0.240 e. The standard InChI is InChI=1S/C23H15FN2O4S/c1-12-2-9-17(30-12)21(27)19-20(13-3-5-14(24)6-4-13)26(23(29)22(19)28)15-7-8-16-18(10-15)31-11-25-16/h2-11,28-29H,1H3. The minimum atomic E-state index is -0.599. The van der Waals surface area contributed by atoms with Gasteiger partial charge in [0.1, 0.15) is 11.6 Å². The van der Waals surface area contributed by atoms with Crippen LogP contribution < -0.4 is 0 Å². The summed E-state index contributed by atoms with van der Waals surface area (Å²) in [6.07, 6.45) is 0. The molecule has 2 aromatic carbocycles. The van der Waals surface area contributed by atoms with Gasteiger partial charge in [-0.05, 0) is 67.1 Å². The third kappa shape index (κ3) is 3.08. The van der Waals surface area contributed by atoms with E-state index in [0.717, 1.165) is 10.2 Å². The number of benzene rings is 2. The van der Waals surface area contributed by atoms with Crippen LogP contribution >= 0.6 is 11.3 Å². The molecule has 0 aliphatic rings. The number of furan rings is 1. The maximum absolute atomic E-state index is 13.6. The van der Waals surface area contributed by atoms with Crippen LogP contribution in [0.1, 0.15) is 21.9 Å². The van der Waals surface area contributed by atoms with Crippen molar-refractivity contribution in [2.45, 2.75) is 6.92 Å². The second kappa shape index (κ2) is 7.10. The van der Waals surface area contributed by atoms with E-state index in [1.807, 2.05) is 0 Å². The fourth-order valence-electron chi connectivity index (χ4n) is 3.56. The Morgan fingerprint density at radius 1 is 1.10 bits per heavy atom. The van der Waals surface area contributed by atoms with Crippen LogP contribution in [0.25, 0.3) is 27.2 Å². The van der Waals surface area contributed by atoms with Gasteiger partial charge in [0.15, 0.2) is 11.5 Å². The number of nitrogens with zero attached hydrogens (tertiary/aromatic N) is 2. The lowest BCUT2D eigenvalue weighted by Gasteiger charge is -2.12. The highest BCUT2D eigenvalue weighted by molar-refractivity contribution is 7.16. The van der Waals surface area contributed by atoms with E-state index in [1.54, 1.807) is 36.7 Å². The highest BCUT2D eigenvalue weighted by Gasteiger charge is 2.31. The molecule has 0 fully saturated rings. The molecule has 3 aromatic heterocycles. The Morgan fingerprint density at radius 3 is 2.58 bits per heavy atom. The Hall–Kier alpha value is -3.91. The van der Waals surface area contributed by atoms with Gasteiger partial charge in [0, 0.05) is 0 Å². The lowest BCUT2D eigenvalue weighted by molar-refractivity contribution is 0.101. The Balaban J connectivity index is 1.81. The van der Waals surface area contributed by atoms with Crippen LogP contribution in [-0.4, -0.2) is 25.5 Å². The summed E-state index contributed by atoms with van der Waals surface area (Å²) in [6.45, 7) is 1.70. The second-order valence-corrected chi connectivity index (χ2v) is 7.87. The Kier molecular flexibility index (Phi) is 4.37. The minimum absolute atomic E-state index is 0.0196. The van der Waals surface area contributed by atoms with Gasteiger partial charge in [0.25, 0.3) is 0 Å². The van der Waals surface area contributed by atoms with Crippen molar-refractivity contribution < 1.29 is 23.8 Å². The van der Waals surface area contributed by atoms with E-state index in [2.05, 4.69) is 4.98 Å². The molecular weight excluding hydrogens is 419 g/mol. The van der Waals surface area contributed by atoms with E-state index >= 15 is 0 Å². The summed E-state index contributed by atoms with van der Waals surface area (Å²) in [6, 6.07) is 13.9. The molecule has 0 aliphatic heterocycles. The molecule has 8 heteroatoms. The summed E-state index contributed by atoms with van der Waals surface area (Å²) in [5.74, 6) is -1.58. The molecule has 0 saturated heterocycles. The van der Waals surface area contributed by atoms with Crippen molar-refractivity contribution in [1.82, 2.24) is 9.55 Å². The van der Waals surface area contributed by atoms with Crippen LogP contribution in [0.5, 0.6) is 11.6 Å². The van der Waals surface area contributed by atoms with Crippen LogP contribution in [-0.2, 0) is 0 Å². The van der Waals surface area contributed by atoms with Crippen molar-refractivity contribution in [3.05, 3.63) is 83.0 Å². The number of ketones is 1. The molecule has 31 heavy (non-hydrogen) atoms. The van der Waals surface area contributed by atoms with Crippen LogP contribution in [0.3, 0.4) is 0 Å². The van der Waals surface area contributed by atoms with E-state index in [1.165, 1.54) is 46.2 Å². The molecule has 2 N–H and O–H groups in total. The first-order chi connectivity index (χ1) is 14.9. The van der Waals surface area contributed by atoms with E-state index in [4.69, 9.17) is 4.42 Å². The fraction of sp³-hybridized carbons (Fsp3) is 0.0435. The van der Waals surface area contributed by atoms with E-state index < -0.39 is 23.2 Å². The summed E-state index contributed by atoms with van der Waals surface area (Å²) in [4.78, 5) is 17.5. The normalized spacial score (nSPS) is 11.3. The molecule has 0 unspecified atom stereocenters. The number of carbonyl (C=O) groups excluding carboxylic acids is 1. The van der Waals surface area contributed by atoms with E-state index in [0.29, 0.717) is 17.0 Å². The number of hydrogen-bond donors (Lipinski definition) is 2. The molecule has 0 radical (unpaired) electrons. The largest absolute Gasteiger partial charge is 0.503 e. The van der Waals surface area contributed by atoms with Crippen molar-refractivity contribution >= 4 is 27.3 Å². The van der Waals surface area contributed by atoms with Gasteiger partial charge in [0.2, 0.25) is 11.7 Å². The second-order valence-electron chi connectivity index (χ2n) is 6.98. The van der Waals surface area contributed by atoms with Crippen molar-refractivity contribution in [3.63, 3.8) is 0 Å². The summed E-state index contributed by atoms with van der Waals surface area (Å²) in [7, 11) is 0. The third-order valence-corrected chi connectivity index (χ3v) is 5.79. The van der Waals surface area contributed by atoms with Crippen LogP contribution in [0.2, 0.25) is 0 Å². The highest BCUT2D eigenvalue weighted by atomic mass is 32.1. The van der Waals surface area contributed by atoms with Gasteiger partial charge in [-0.15, -0.1) is 11.3 Å². The quantitative estimate of drug-likeness (QED) is 0.368. The number of fused-ring (bicyclic) bond motifs is 1. The SMILES string of the molecule is Cc1ccc(C(=O)c2c(O)c(O)n(-c3ccc4ncsc4c3)c2-c2ccc(F)cc2)o1. The fourth-order valence-corrected chi connectivity index (χ4v) is 4.27. The molecule has 3 heterocycles. The molecule has 0 atom stereocenters. The average Bonchev–Trinajstić information content (AvgIpc) is 3.46. The van der Waals surface area contributed by atoms with Crippen molar-refractivity contribution in [2.75, 3.05) is 0 Å². The molecule has 0 spiro atoms. The number of aryl methyl sites for hydroxylation is 1. The first kappa shape index (κ1) is 19.1. The number of aromatic hydroxyl groups is 2. The van der Waals surface area contributed by atoms with Gasteiger partial charge in [-0.1, -0.05) is 0 Å². The highest BCUT2D eigenvalue weighted by Crippen LogP contribution is 2.44. The Bertz CT molecular complexity index is 1450. The van der Waals surface area contributed by atoms with Gasteiger partial charge in [-0.2, -0.15) is 0 Å². The molecule has 5 aromatic rings. The van der Waals surface area contributed by atoms with Crippen LogP contribution in [0.15, 0.2) is 64.5 Å². The first-order valence-electron chi connectivity index (χ1n) is 9.31. The topological polar surface area (TPSA) is 88.5 Å². The molecule has 0 saturated carbocycles. The minimum Gasteiger partial charge on any atom is -0.503 e. The molecule has 154 valence electrons. The molecule has 0 aliphatic carbocycles. The van der Waals surface area contributed by atoms with Gasteiger partial charge in [-0.3, -0.25) is 9.36 Å². The Labute approximate surface area is 179 Å². The number of carbonyl (C=O) groups is 1. The molecule has 6 nitrogen and oxygen atoms in total. The average molecular weight is 434 g/mol. The lowest BCUT2D eigenvalue weighted by atomic mass is 10.0. The van der Waals surface area contributed by atoms with Gasteiger partial charge in [0.05, 0.1) is 32.7 Å². The molecular formula is C23H15FN2O4S. The third-order valence-electron chi connectivity index (χ3n) is 5.00. The summed E-state index contributed by atoms with van der Waals surface area (Å²) in [5, 5.41) is 21.6. The van der Waals surface area contributed by atoms with Crippen molar-refractivity contribution in [2.24, 2.45) is 0 Å². The molecule has 0 bridgehead atoms. The zero-order valence-electron chi connectivity index (χ0n) is 16.2. The van der Waals surface area contributed by atoms with Crippen LogP contribution in [0.4, 0.5) is 4.39 Å². The number of halogens is 1.